The predicted octanol–water partition coefficient (Wildman–Crippen LogP) is -0.230. The normalized spacial score (nSPS) is 21.8. The number of piperidine rings is 1. The van der Waals surface area contributed by atoms with Gasteiger partial charge in [-0.3, -0.25) is 24.7 Å². The van der Waals surface area contributed by atoms with Gasteiger partial charge >= 0.3 is 0 Å². The van der Waals surface area contributed by atoms with Crippen LogP contribution in [-0.4, -0.2) is 42.1 Å². The maximum atomic E-state index is 12.4. The number of imide groups is 1. The second-order valence-electron chi connectivity index (χ2n) is 5.00. The summed E-state index contributed by atoms with van der Waals surface area (Å²) < 4.78 is 23.1. The zero-order valence-corrected chi connectivity index (χ0v) is 12.6. The Kier molecular flexibility index (Phi) is 3.41. The fourth-order valence-electron chi connectivity index (χ4n) is 2.65. The average Bonchev–Trinajstić information content (AvgIpc) is 2.75. The van der Waals surface area contributed by atoms with Crippen molar-refractivity contribution in [2.24, 2.45) is 0 Å². The third-order valence-electron chi connectivity index (χ3n) is 3.69. The fraction of sp³-hybridized carbons (Fsp3) is 0.333. The van der Waals surface area contributed by atoms with Crippen LogP contribution in [0.1, 0.15) is 28.8 Å². The summed E-state index contributed by atoms with van der Waals surface area (Å²) in [6.45, 7) is -0.0652. The lowest BCUT2D eigenvalue weighted by molar-refractivity contribution is -0.136. The molecule has 3 heterocycles. The van der Waals surface area contributed by atoms with Crippen molar-refractivity contribution in [2.75, 3.05) is 0 Å². The minimum absolute atomic E-state index is 0.0652. The standard InChI is InChI=1S/C12H10ClN3O5S/c13-22(20,21)9-4-14-3-6-7(9)5-16(12(6)19)8-1-2-10(17)15-11(8)18/h3-4,8H,1-2,5H2,(H,15,17,18). The molecule has 0 saturated carbocycles. The van der Waals surface area contributed by atoms with Crippen LogP contribution in [0.2, 0.25) is 0 Å². The van der Waals surface area contributed by atoms with E-state index in [-0.39, 0.29) is 35.4 Å². The Balaban J connectivity index is 1.98. The fourth-order valence-corrected chi connectivity index (χ4v) is 3.71. The molecule has 3 amide bonds. The number of carbonyl (C=O) groups is 3. The maximum absolute atomic E-state index is 12.4. The van der Waals surface area contributed by atoms with Gasteiger partial charge < -0.3 is 4.90 Å². The van der Waals surface area contributed by atoms with Crippen molar-refractivity contribution in [1.82, 2.24) is 15.2 Å². The van der Waals surface area contributed by atoms with Crippen molar-refractivity contribution >= 4 is 37.5 Å². The highest BCUT2D eigenvalue weighted by Gasteiger charge is 2.41. The number of fused-ring (bicyclic) bond motifs is 1. The molecule has 116 valence electrons. The van der Waals surface area contributed by atoms with E-state index in [0.717, 1.165) is 6.20 Å². The molecule has 22 heavy (non-hydrogen) atoms. The number of nitrogens with one attached hydrogen (secondary N) is 1. The molecule has 10 heteroatoms. The maximum Gasteiger partial charge on any atom is 0.263 e. The molecule has 0 aliphatic carbocycles. The van der Waals surface area contributed by atoms with E-state index in [1.54, 1.807) is 0 Å². The Morgan fingerprint density at radius 1 is 1.27 bits per heavy atom. The molecule has 1 aromatic heterocycles. The van der Waals surface area contributed by atoms with Gasteiger partial charge in [-0.1, -0.05) is 0 Å². The number of aromatic nitrogens is 1. The van der Waals surface area contributed by atoms with E-state index in [2.05, 4.69) is 10.3 Å². The molecule has 0 bridgehead atoms. The van der Waals surface area contributed by atoms with Crippen LogP contribution in [0.3, 0.4) is 0 Å². The van der Waals surface area contributed by atoms with Gasteiger partial charge in [0.05, 0.1) is 5.56 Å². The van der Waals surface area contributed by atoms with Crippen molar-refractivity contribution < 1.29 is 22.8 Å². The monoisotopic (exact) mass is 343 g/mol. The van der Waals surface area contributed by atoms with Gasteiger partial charge in [0.15, 0.2) is 0 Å². The van der Waals surface area contributed by atoms with Crippen LogP contribution >= 0.6 is 10.7 Å². The number of carbonyl (C=O) groups excluding carboxylic acids is 3. The van der Waals surface area contributed by atoms with Gasteiger partial charge in [0.25, 0.3) is 15.0 Å². The van der Waals surface area contributed by atoms with Gasteiger partial charge in [0, 0.05) is 41.6 Å². The van der Waals surface area contributed by atoms with Crippen LogP contribution in [0.5, 0.6) is 0 Å². The lowest BCUT2D eigenvalue weighted by Gasteiger charge is -2.29. The zero-order valence-electron chi connectivity index (χ0n) is 11.1. The molecule has 0 radical (unpaired) electrons. The Morgan fingerprint density at radius 2 is 2.00 bits per heavy atom. The van der Waals surface area contributed by atoms with E-state index in [1.165, 1.54) is 11.1 Å². The summed E-state index contributed by atoms with van der Waals surface area (Å²) in [7, 11) is 1.30. The van der Waals surface area contributed by atoms with E-state index in [0.29, 0.717) is 0 Å². The Morgan fingerprint density at radius 3 is 2.64 bits per heavy atom. The highest BCUT2D eigenvalue weighted by molar-refractivity contribution is 8.13. The number of amides is 3. The zero-order chi connectivity index (χ0) is 16.1. The van der Waals surface area contributed by atoms with Gasteiger partial charge in [0.1, 0.15) is 10.9 Å². The second kappa shape index (κ2) is 5.03. The van der Waals surface area contributed by atoms with E-state index in [9.17, 15) is 22.8 Å². The quantitative estimate of drug-likeness (QED) is 0.586. The summed E-state index contributed by atoms with van der Waals surface area (Å²) in [5, 5.41) is 2.17. The van der Waals surface area contributed by atoms with Crippen LogP contribution < -0.4 is 5.32 Å². The molecule has 0 aromatic carbocycles. The summed E-state index contributed by atoms with van der Waals surface area (Å²) in [4.78, 5) is 40.2. The molecule has 2 aliphatic heterocycles. The molecule has 1 N–H and O–H groups in total. The Bertz CT molecular complexity index is 807. The minimum atomic E-state index is -4.05. The van der Waals surface area contributed by atoms with Crippen LogP contribution in [0.15, 0.2) is 17.3 Å². The third-order valence-corrected chi connectivity index (χ3v) is 5.06. The van der Waals surface area contributed by atoms with Crippen LogP contribution in [0, 0.1) is 0 Å². The number of halogens is 1. The number of pyridine rings is 1. The number of hydrogen-bond donors (Lipinski definition) is 1. The molecule has 2 aliphatic rings. The third kappa shape index (κ3) is 2.35. The summed E-state index contributed by atoms with van der Waals surface area (Å²) in [6, 6.07) is -0.816. The van der Waals surface area contributed by atoms with Gasteiger partial charge in [0.2, 0.25) is 11.8 Å². The van der Waals surface area contributed by atoms with E-state index in [4.69, 9.17) is 10.7 Å². The van der Waals surface area contributed by atoms with Crippen molar-refractivity contribution in [3.63, 3.8) is 0 Å². The lowest BCUT2D eigenvalue weighted by atomic mass is 10.0. The molecule has 1 saturated heterocycles. The first kappa shape index (κ1) is 14.9. The van der Waals surface area contributed by atoms with Crippen LogP contribution in [0.25, 0.3) is 0 Å². The van der Waals surface area contributed by atoms with Crippen molar-refractivity contribution in [1.29, 1.82) is 0 Å². The van der Waals surface area contributed by atoms with E-state index in [1.807, 2.05) is 0 Å². The lowest BCUT2D eigenvalue weighted by Crippen LogP contribution is -2.52. The van der Waals surface area contributed by atoms with Crippen LogP contribution in [0.4, 0.5) is 0 Å². The second-order valence-corrected chi connectivity index (χ2v) is 7.54. The summed E-state index contributed by atoms with van der Waals surface area (Å²) in [5.41, 5.74) is 0.325. The molecule has 8 nitrogen and oxygen atoms in total. The highest BCUT2D eigenvalue weighted by atomic mass is 35.7. The number of nitrogens with zero attached hydrogens (tertiary/aromatic N) is 2. The van der Waals surface area contributed by atoms with Crippen molar-refractivity contribution in [3.8, 4) is 0 Å². The molecule has 1 aromatic rings. The van der Waals surface area contributed by atoms with Gasteiger partial charge in [-0.15, -0.1) is 0 Å². The molecule has 1 atom stereocenters. The molecule has 0 spiro atoms. The van der Waals surface area contributed by atoms with Crippen molar-refractivity contribution in [3.05, 3.63) is 23.5 Å². The molecule has 1 fully saturated rings. The molecule has 1 unspecified atom stereocenters. The summed E-state index contributed by atoms with van der Waals surface area (Å²) in [5.74, 6) is -1.46. The summed E-state index contributed by atoms with van der Waals surface area (Å²) in [6.07, 6.45) is 2.63. The van der Waals surface area contributed by atoms with Crippen molar-refractivity contribution in [2.45, 2.75) is 30.3 Å². The highest BCUT2D eigenvalue weighted by Crippen LogP contribution is 2.32. The van der Waals surface area contributed by atoms with E-state index >= 15 is 0 Å². The van der Waals surface area contributed by atoms with Gasteiger partial charge in [-0.05, 0) is 6.42 Å². The molecular formula is C12H10ClN3O5S. The Labute approximate surface area is 129 Å². The predicted molar refractivity (Wildman–Crippen MR) is 73.3 cm³/mol. The van der Waals surface area contributed by atoms with E-state index < -0.39 is 32.8 Å². The number of hydrogen-bond acceptors (Lipinski definition) is 6. The number of rotatable bonds is 2. The molecular weight excluding hydrogens is 334 g/mol. The Hall–Kier alpha value is -2.00. The minimum Gasteiger partial charge on any atom is -0.322 e. The smallest absolute Gasteiger partial charge is 0.263 e. The SMILES string of the molecule is O=C1CCC(N2Cc3c(cncc3S(=O)(=O)Cl)C2=O)C(=O)N1. The first-order chi connectivity index (χ1) is 10.3. The first-order valence-electron chi connectivity index (χ1n) is 6.35. The van der Waals surface area contributed by atoms with Gasteiger partial charge in [-0.25, -0.2) is 8.42 Å². The van der Waals surface area contributed by atoms with Gasteiger partial charge in [-0.2, -0.15) is 0 Å². The first-order valence-corrected chi connectivity index (χ1v) is 8.66. The summed E-state index contributed by atoms with van der Waals surface area (Å²) >= 11 is 0. The largest absolute Gasteiger partial charge is 0.322 e. The molecule has 3 rings (SSSR count). The average molecular weight is 344 g/mol. The van der Waals surface area contributed by atoms with Crippen LogP contribution in [-0.2, 0) is 25.2 Å². The topological polar surface area (TPSA) is 114 Å².